The average molecular weight is 423 g/mol. The second-order valence-corrected chi connectivity index (χ2v) is 5.97. The first kappa shape index (κ1) is 17.9. The van der Waals surface area contributed by atoms with E-state index in [0.717, 1.165) is 19.5 Å². The molecule has 0 aliphatic rings. The van der Waals surface area contributed by atoms with Gasteiger partial charge in [0.05, 0.1) is 11.3 Å². The highest BCUT2D eigenvalue weighted by molar-refractivity contribution is 9.11. The van der Waals surface area contributed by atoms with Gasteiger partial charge in [-0.2, -0.15) is 0 Å². The largest absolute Gasteiger partial charge is 0.478 e. The number of carboxylic acids is 1. The molecule has 0 atom stereocenters. The summed E-state index contributed by atoms with van der Waals surface area (Å²) in [5.74, 6) is -1.11. The topological polar surface area (TPSA) is 90.5 Å². The molecule has 1 aromatic carbocycles. The first-order chi connectivity index (χ1) is 9.95. The summed E-state index contributed by atoms with van der Waals surface area (Å²) in [7, 11) is 0. The Labute approximate surface area is 139 Å². The van der Waals surface area contributed by atoms with E-state index in [-0.39, 0.29) is 11.3 Å². The van der Waals surface area contributed by atoms with E-state index in [2.05, 4.69) is 47.8 Å². The maximum atomic E-state index is 11.8. The van der Waals surface area contributed by atoms with Crippen LogP contribution < -0.4 is 16.0 Å². The van der Waals surface area contributed by atoms with Gasteiger partial charge >= 0.3 is 12.0 Å². The van der Waals surface area contributed by atoms with Crippen LogP contribution >= 0.6 is 31.9 Å². The molecule has 0 spiro atoms. The first-order valence-electron chi connectivity index (χ1n) is 6.43. The van der Waals surface area contributed by atoms with Crippen LogP contribution in [0.1, 0.15) is 23.7 Å². The number of halogens is 2. The van der Waals surface area contributed by atoms with E-state index in [9.17, 15) is 14.7 Å². The zero-order chi connectivity index (χ0) is 15.8. The van der Waals surface area contributed by atoms with Gasteiger partial charge in [-0.15, -0.1) is 0 Å². The number of nitrogens with one attached hydrogen (secondary N) is 3. The molecular formula is C13H17Br2N3O3. The average Bonchev–Trinajstić information content (AvgIpc) is 2.41. The van der Waals surface area contributed by atoms with E-state index in [0.29, 0.717) is 15.5 Å². The second-order valence-electron chi connectivity index (χ2n) is 4.20. The van der Waals surface area contributed by atoms with Gasteiger partial charge in [0.25, 0.3) is 0 Å². The fourth-order valence-corrected chi connectivity index (χ4v) is 2.94. The third-order valence-electron chi connectivity index (χ3n) is 2.59. The molecule has 0 heterocycles. The highest BCUT2D eigenvalue weighted by atomic mass is 79.9. The second kappa shape index (κ2) is 9.01. The molecule has 0 radical (unpaired) electrons. The van der Waals surface area contributed by atoms with Crippen molar-refractivity contribution in [3.8, 4) is 0 Å². The van der Waals surface area contributed by atoms with Crippen LogP contribution in [-0.4, -0.2) is 36.7 Å². The van der Waals surface area contributed by atoms with Crippen LogP contribution in [0.15, 0.2) is 21.1 Å². The number of carboxylic acid groups (broad SMARTS) is 1. The van der Waals surface area contributed by atoms with E-state index < -0.39 is 12.0 Å². The molecule has 21 heavy (non-hydrogen) atoms. The minimum absolute atomic E-state index is 0.0130. The van der Waals surface area contributed by atoms with Crippen molar-refractivity contribution < 1.29 is 14.7 Å². The molecular weight excluding hydrogens is 406 g/mol. The third kappa shape index (κ3) is 6.03. The highest BCUT2D eigenvalue weighted by Crippen LogP contribution is 2.30. The molecule has 0 unspecified atom stereocenters. The summed E-state index contributed by atoms with van der Waals surface area (Å²) in [5.41, 5.74) is 0.244. The standard InChI is InChI=1S/C13H17Br2N3O3/c1-2-16-4-3-5-17-13(21)18-11-9(12(19)20)6-8(14)7-10(11)15/h6-7,16H,2-5H2,1H3,(H,19,20)(H2,17,18,21). The van der Waals surface area contributed by atoms with Crippen LogP contribution in [0.3, 0.4) is 0 Å². The number of urea groups is 1. The predicted molar refractivity (Wildman–Crippen MR) is 89.0 cm³/mol. The van der Waals surface area contributed by atoms with Crippen LogP contribution in [-0.2, 0) is 0 Å². The Morgan fingerprint density at radius 1 is 1.24 bits per heavy atom. The number of rotatable bonds is 7. The number of amides is 2. The van der Waals surface area contributed by atoms with Crippen LogP contribution in [0.2, 0.25) is 0 Å². The third-order valence-corrected chi connectivity index (χ3v) is 3.67. The lowest BCUT2D eigenvalue weighted by molar-refractivity contribution is 0.0698. The molecule has 0 fully saturated rings. The van der Waals surface area contributed by atoms with Gasteiger partial charge in [0.2, 0.25) is 0 Å². The van der Waals surface area contributed by atoms with E-state index in [1.165, 1.54) is 6.07 Å². The molecule has 1 aromatic rings. The molecule has 0 bridgehead atoms. The Bertz CT molecular complexity index is 524. The highest BCUT2D eigenvalue weighted by Gasteiger charge is 2.16. The predicted octanol–water partition coefficient (Wildman–Crippen LogP) is 3.03. The Hall–Kier alpha value is -1.12. The summed E-state index contributed by atoms with van der Waals surface area (Å²) in [6.07, 6.45) is 0.800. The molecule has 4 N–H and O–H groups in total. The van der Waals surface area contributed by atoms with Gasteiger partial charge in [-0.05, 0) is 47.6 Å². The lowest BCUT2D eigenvalue weighted by atomic mass is 10.2. The zero-order valence-electron chi connectivity index (χ0n) is 11.5. The molecule has 0 aliphatic heterocycles. The summed E-state index contributed by atoms with van der Waals surface area (Å²) < 4.78 is 1.11. The fourth-order valence-electron chi connectivity index (χ4n) is 1.62. The number of hydrogen-bond donors (Lipinski definition) is 4. The summed E-state index contributed by atoms with van der Waals surface area (Å²) in [6, 6.07) is 2.68. The van der Waals surface area contributed by atoms with Crippen LogP contribution in [0.4, 0.5) is 10.5 Å². The van der Waals surface area contributed by atoms with Crippen molar-refractivity contribution in [1.82, 2.24) is 10.6 Å². The van der Waals surface area contributed by atoms with Gasteiger partial charge in [0.1, 0.15) is 0 Å². The number of hydrogen-bond acceptors (Lipinski definition) is 3. The Balaban J connectivity index is 2.65. The maximum absolute atomic E-state index is 11.8. The van der Waals surface area contributed by atoms with Crippen molar-refractivity contribution in [2.75, 3.05) is 25.0 Å². The maximum Gasteiger partial charge on any atom is 0.337 e. The smallest absolute Gasteiger partial charge is 0.337 e. The lowest BCUT2D eigenvalue weighted by Gasteiger charge is -2.12. The van der Waals surface area contributed by atoms with Gasteiger partial charge in [-0.3, -0.25) is 0 Å². The van der Waals surface area contributed by atoms with Gasteiger partial charge in [-0.25, -0.2) is 9.59 Å². The van der Waals surface area contributed by atoms with Gasteiger partial charge in [0, 0.05) is 15.5 Å². The SMILES string of the molecule is CCNCCCNC(=O)Nc1c(Br)cc(Br)cc1C(=O)O. The lowest BCUT2D eigenvalue weighted by Crippen LogP contribution is -2.31. The summed E-state index contributed by atoms with van der Waals surface area (Å²) in [6.45, 7) is 4.23. The molecule has 2 amide bonds. The van der Waals surface area contributed by atoms with E-state index in [1.807, 2.05) is 6.92 Å². The molecule has 116 valence electrons. The van der Waals surface area contributed by atoms with E-state index in [1.54, 1.807) is 6.07 Å². The number of benzene rings is 1. The van der Waals surface area contributed by atoms with Crippen LogP contribution in [0.5, 0.6) is 0 Å². The monoisotopic (exact) mass is 421 g/mol. The zero-order valence-corrected chi connectivity index (χ0v) is 14.7. The Morgan fingerprint density at radius 2 is 1.95 bits per heavy atom. The van der Waals surface area contributed by atoms with Crippen molar-refractivity contribution in [2.45, 2.75) is 13.3 Å². The quantitative estimate of drug-likeness (QED) is 0.508. The molecule has 0 saturated carbocycles. The van der Waals surface area contributed by atoms with Gasteiger partial charge in [-0.1, -0.05) is 22.9 Å². The van der Waals surface area contributed by atoms with Gasteiger partial charge in [0.15, 0.2) is 0 Å². The minimum Gasteiger partial charge on any atom is -0.478 e. The number of anilines is 1. The first-order valence-corrected chi connectivity index (χ1v) is 8.02. The van der Waals surface area contributed by atoms with Gasteiger partial charge < -0.3 is 21.1 Å². The fraction of sp³-hybridized carbons (Fsp3) is 0.385. The van der Waals surface area contributed by atoms with Crippen molar-refractivity contribution >= 4 is 49.5 Å². The molecule has 1 rings (SSSR count). The molecule has 0 aromatic heterocycles. The summed E-state index contributed by atoms with van der Waals surface area (Å²) in [4.78, 5) is 23.0. The van der Waals surface area contributed by atoms with Crippen molar-refractivity contribution in [2.24, 2.45) is 0 Å². The summed E-state index contributed by atoms with van der Waals surface area (Å²) in [5, 5.41) is 17.6. The molecule has 6 nitrogen and oxygen atoms in total. The molecule has 8 heteroatoms. The van der Waals surface area contributed by atoms with Crippen molar-refractivity contribution in [3.63, 3.8) is 0 Å². The number of carbonyl (C=O) groups is 2. The minimum atomic E-state index is -1.11. The van der Waals surface area contributed by atoms with Crippen LogP contribution in [0.25, 0.3) is 0 Å². The molecule has 0 aliphatic carbocycles. The van der Waals surface area contributed by atoms with E-state index in [4.69, 9.17) is 0 Å². The number of carbonyl (C=O) groups excluding carboxylic acids is 1. The van der Waals surface area contributed by atoms with Crippen molar-refractivity contribution in [1.29, 1.82) is 0 Å². The van der Waals surface area contributed by atoms with Crippen LogP contribution in [0, 0.1) is 0 Å². The molecule has 0 saturated heterocycles. The summed E-state index contributed by atoms with van der Waals surface area (Å²) >= 11 is 6.47. The van der Waals surface area contributed by atoms with E-state index >= 15 is 0 Å². The normalized spacial score (nSPS) is 10.2. The number of aromatic carboxylic acids is 1. The van der Waals surface area contributed by atoms with Crippen molar-refractivity contribution in [3.05, 3.63) is 26.6 Å². The Kier molecular flexibility index (Phi) is 7.69. The Morgan fingerprint density at radius 3 is 2.57 bits per heavy atom.